The van der Waals surface area contributed by atoms with E-state index in [0.717, 1.165) is 32.3 Å². The Morgan fingerprint density at radius 2 is 1.75 bits per heavy atom. The summed E-state index contributed by atoms with van der Waals surface area (Å²) in [4.78, 5) is 2.55. The van der Waals surface area contributed by atoms with Gasteiger partial charge in [0.2, 0.25) is 0 Å². The zero-order chi connectivity index (χ0) is 11.8. The van der Waals surface area contributed by atoms with E-state index in [1.54, 1.807) is 0 Å². The molecule has 0 bridgehead atoms. The van der Waals surface area contributed by atoms with Crippen molar-refractivity contribution >= 4 is 0 Å². The highest BCUT2D eigenvalue weighted by molar-refractivity contribution is 4.74. The van der Waals surface area contributed by atoms with E-state index in [-0.39, 0.29) is 0 Å². The van der Waals surface area contributed by atoms with Crippen LogP contribution < -0.4 is 0 Å². The van der Waals surface area contributed by atoms with Crippen LogP contribution >= 0.6 is 0 Å². The van der Waals surface area contributed by atoms with E-state index < -0.39 is 0 Å². The van der Waals surface area contributed by atoms with E-state index in [1.807, 2.05) is 6.92 Å². The second kappa shape index (κ2) is 8.04. The quantitative estimate of drug-likeness (QED) is 0.624. The first-order chi connectivity index (χ1) is 7.74. The third kappa shape index (κ3) is 5.28. The van der Waals surface area contributed by atoms with Gasteiger partial charge in [0.15, 0.2) is 0 Å². The highest BCUT2D eigenvalue weighted by Crippen LogP contribution is 2.18. The number of hydrogen-bond donors (Lipinski definition) is 0. The van der Waals surface area contributed by atoms with Crippen LogP contribution in [-0.2, 0) is 9.47 Å². The lowest BCUT2D eigenvalue weighted by Crippen LogP contribution is -2.39. The summed E-state index contributed by atoms with van der Waals surface area (Å²) in [5.74, 6) is 0.761. The predicted octanol–water partition coefficient (Wildman–Crippen LogP) is 2.16. The molecule has 0 atom stereocenters. The van der Waals surface area contributed by atoms with E-state index in [1.165, 1.54) is 25.9 Å². The third-order valence-corrected chi connectivity index (χ3v) is 3.31. The van der Waals surface area contributed by atoms with Crippen molar-refractivity contribution in [2.75, 3.05) is 39.5 Å². The van der Waals surface area contributed by atoms with Gasteiger partial charge in [-0.2, -0.15) is 0 Å². The first kappa shape index (κ1) is 13.9. The topological polar surface area (TPSA) is 21.7 Å². The van der Waals surface area contributed by atoms with Crippen LogP contribution in [0, 0.1) is 5.92 Å². The van der Waals surface area contributed by atoms with E-state index in [0.29, 0.717) is 6.04 Å². The molecule has 3 nitrogen and oxygen atoms in total. The summed E-state index contributed by atoms with van der Waals surface area (Å²) in [6.07, 6.45) is 2.57. The number of rotatable bonds is 7. The summed E-state index contributed by atoms with van der Waals surface area (Å²) >= 11 is 0. The van der Waals surface area contributed by atoms with E-state index >= 15 is 0 Å². The monoisotopic (exact) mass is 229 g/mol. The highest BCUT2D eigenvalue weighted by Gasteiger charge is 2.20. The lowest BCUT2D eigenvalue weighted by Gasteiger charge is -2.34. The van der Waals surface area contributed by atoms with Gasteiger partial charge in [-0.05, 0) is 52.6 Å². The van der Waals surface area contributed by atoms with Gasteiger partial charge < -0.3 is 14.4 Å². The van der Waals surface area contributed by atoms with Crippen molar-refractivity contribution in [3.63, 3.8) is 0 Å². The van der Waals surface area contributed by atoms with Gasteiger partial charge in [-0.1, -0.05) is 0 Å². The molecule has 0 unspecified atom stereocenters. The van der Waals surface area contributed by atoms with Crippen LogP contribution in [0.3, 0.4) is 0 Å². The van der Waals surface area contributed by atoms with Crippen LogP contribution in [0.2, 0.25) is 0 Å². The van der Waals surface area contributed by atoms with Crippen molar-refractivity contribution in [3.05, 3.63) is 0 Å². The number of hydrogen-bond acceptors (Lipinski definition) is 3. The van der Waals surface area contributed by atoms with Crippen molar-refractivity contribution in [3.8, 4) is 0 Å². The Morgan fingerprint density at radius 3 is 2.31 bits per heavy atom. The summed E-state index contributed by atoms with van der Waals surface area (Å²) in [5.41, 5.74) is 0. The summed E-state index contributed by atoms with van der Waals surface area (Å²) in [5, 5.41) is 0. The van der Waals surface area contributed by atoms with Gasteiger partial charge in [0.25, 0.3) is 0 Å². The fourth-order valence-corrected chi connectivity index (χ4v) is 2.15. The second-order valence-corrected chi connectivity index (χ2v) is 4.84. The molecule has 1 saturated heterocycles. The minimum absolute atomic E-state index is 0.694. The van der Waals surface area contributed by atoms with Gasteiger partial charge in [0.05, 0.1) is 13.2 Å². The van der Waals surface area contributed by atoms with Gasteiger partial charge in [-0.15, -0.1) is 0 Å². The molecule has 0 N–H and O–H groups in total. The molecule has 0 saturated carbocycles. The number of nitrogens with zero attached hydrogens (tertiary/aromatic N) is 1. The molecule has 16 heavy (non-hydrogen) atoms. The van der Waals surface area contributed by atoms with Crippen molar-refractivity contribution in [1.82, 2.24) is 4.90 Å². The van der Waals surface area contributed by atoms with Gasteiger partial charge >= 0.3 is 0 Å². The van der Waals surface area contributed by atoms with Crippen LogP contribution in [0.1, 0.15) is 33.6 Å². The van der Waals surface area contributed by atoms with Crippen LogP contribution in [-0.4, -0.2) is 50.5 Å². The SMILES string of the molecule is CCOCCOCC1CCN(C(C)C)CC1. The molecule has 1 rings (SSSR count). The molecule has 1 aliphatic heterocycles. The van der Waals surface area contributed by atoms with Crippen molar-refractivity contribution in [1.29, 1.82) is 0 Å². The molecule has 1 heterocycles. The van der Waals surface area contributed by atoms with Gasteiger partial charge in [-0.25, -0.2) is 0 Å². The fraction of sp³-hybridized carbons (Fsp3) is 1.00. The maximum absolute atomic E-state index is 5.63. The molecule has 0 aromatic heterocycles. The average molecular weight is 229 g/mol. The Kier molecular flexibility index (Phi) is 7.01. The molecule has 96 valence electrons. The standard InChI is InChI=1S/C13H27NO2/c1-4-15-9-10-16-11-13-5-7-14(8-6-13)12(2)3/h12-13H,4-11H2,1-3H3. The summed E-state index contributed by atoms with van der Waals surface area (Å²) in [6.45, 7) is 12.2. The Bertz CT molecular complexity index is 165. The minimum Gasteiger partial charge on any atom is -0.379 e. The molecule has 3 heteroatoms. The Balaban J connectivity index is 1.99. The summed E-state index contributed by atoms with van der Waals surface area (Å²) < 4.78 is 10.9. The summed E-state index contributed by atoms with van der Waals surface area (Å²) in [6, 6.07) is 0.694. The largest absolute Gasteiger partial charge is 0.379 e. The Hall–Kier alpha value is -0.120. The highest BCUT2D eigenvalue weighted by atomic mass is 16.5. The average Bonchev–Trinajstić information content (AvgIpc) is 2.29. The first-order valence-electron chi connectivity index (χ1n) is 6.63. The molecule has 0 aromatic carbocycles. The Labute approximate surface area is 100 Å². The van der Waals surface area contributed by atoms with Gasteiger partial charge in [0, 0.05) is 19.3 Å². The van der Waals surface area contributed by atoms with Crippen molar-refractivity contribution in [2.45, 2.75) is 39.7 Å². The molecule has 0 amide bonds. The zero-order valence-corrected chi connectivity index (χ0v) is 11.1. The van der Waals surface area contributed by atoms with Crippen molar-refractivity contribution in [2.24, 2.45) is 5.92 Å². The number of ether oxygens (including phenoxy) is 2. The molecule has 1 fully saturated rings. The first-order valence-corrected chi connectivity index (χ1v) is 6.63. The second-order valence-electron chi connectivity index (χ2n) is 4.84. The zero-order valence-electron chi connectivity index (χ0n) is 11.1. The number of likely N-dealkylation sites (tertiary alicyclic amines) is 1. The summed E-state index contributed by atoms with van der Waals surface area (Å²) in [7, 11) is 0. The van der Waals surface area contributed by atoms with Crippen LogP contribution in [0.15, 0.2) is 0 Å². The molecule has 0 radical (unpaired) electrons. The molecule has 0 spiro atoms. The van der Waals surface area contributed by atoms with Crippen LogP contribution in [0.25, 0.3) is 0 Å². The maximum Gasteiger partial charge on any atom is 0.0700 e. The van der Waals surface area contributed by atoms with E-state index in [4.69, 9.17) is 9.47 Å². The van der Waals surface area contributed by atoms with Crippen LogP contribution in [0.5, 0.6) is 0 Å². The number of piperidine rings is 1. The fourth-order valence-electron chi connectivity index (χ4n) is 2.15. The van der Waals surface area contributed by atoms with Gasteiger partial charge in [0.1, 0.15) is 0 Å². The maximum atomic E-state index is 5.63. The smallest absolute Gasteiger partial charge is 0.0700 e. The lowest BCUT2D eigenvalue weighted by molar-refractivity contribution is 0.0218. The molecule has 0 aliphatic carbocycles. The molecule has 1 aliphatic rings. The predicted molar refractivity (Wildman–Crippen MR) is 66.7 cm³/mol. The Morgan fingerprint density at radius 1 is 1.12 bits per heavy atom. The van der Waals surface area contributed by atoms with Crippen LogP contribution in [0.4, 0.5) is 0 Å². The van der Waals surface area contributed by atoms with E-state index in [2.05, 4.69) is 18.7 Å². The third-order valence-electron chi connectivity index (χ3n) is 3.31. The minimum atomic E-state index is 0.694. The van der Waals surface area contributed by atoms with Crippen molar-refractivity contribution < 1.29 is 9.47 Å². The normalized spacial score (nSPS) is 19.5. The molecule has 0 aromatic rings. The van der Waals surface area contributed by atoms with E-state index in [9.17, 15) is 0 Å². The van der Waals surface area contributed by atoms with Gasteiger partial charge in [-0.3, -0.25) is 0 Å². The lowest BCUT2D eigenvalue weighted by atomic mass is 9.97. The molecular formula is C13H27NO2. The molecular weight excluding hydrogens is 202 g/mol.